The number of aromatic nitrogens is 2. The normalized spacial score (nSPS) is 16.9. The highest BCUT2D eigenvalue weighted by atomic mass is 35.5. The van der Waals surface area contributed by atoms with Crippen molar-refractivity contribution in [1.82, 2.24) is 9.55 Å². The summed E-state index contributed by atoms with van der Waals surface area (Å²) in [6.45, 7) is 4.14. The number of thioether (sulfide) groups is 1. The Balaban J connectivity index is 1.75. The number of hydrogen-bond donors (Lipinski definition) is 1. The van der Waals surface area contributed by atoms with Gasteiger partial charge in [-0.25, -0.2) is 27.3 Å². The van der Waals surface area contributed by atoms with Crippen LogP contribution in [0.1, 0.15) is 36.5 Å². The fourth-order valence-corrected chi connectivity index (χ4v) is 7.28. The van der Waals surface area contributed by atoms with Crippen LogP contribution >= 0.6 is 31.9 Å². The molecule has 0 amide bonds. The molecule has 38 heavy (non-hydrogen) atoms. The predicted molar refractivity (Wildman–Crippen MR) is 150 cm³/mol. The van der Waals surface area contributed by atoms with Gasteiger partial charge in [-0.1, -0.05) is 64.0 Å². The van der Waals surface area contributed by atoms with Crippen molar-refractivity contribution < 1.29 is 21.9 Å². The van der Waals surface area contributed by atoms with E-state index in [0.717, 1.165) is 17.3 Å². The molecule has 12 heteroatoms. The van der Waals surface area contributed by atoms with Gasteiger partial charge in [0.25, 0.3) is 0 Å². The quantitative estimate of drug-likeness (QED) is 0.235. The topological polar surface area (TPSA) is 87.2 Å². The number of halogens is 3. The molecule has 0 saturated carbocycles. The number of rotatable bonds is 8. The smallest absolute Gasteiger partial charge is 0.240 e. The molecule has 2 unspecified atom stereocenters. The van der Waals surface area contributed by atoms with Crippen molar-refractivity contribution in [3.63, 3.8) is 0 Å². The van der Waals surface area contributed by atoms with Crippen molar-refractivity contribution in [1.29, 1.82) is 0 Å². The molecule has 2 atom stereocenters. The molecule has 1 aromatic heterocycles. The van der Waals surface area contributed by atoms with E-state index in [9.17, 15) is 17.2 Å². The van der Waals surface area contributed by atoms with Crippen molar-refractivity contribution in [3.8, 4) is 5.75 Å². The lowest BCUT2D eigenvalue weighted by molar-refractivity contribution is 0.413. The molecule has 0 bridgehead atoms. The molecule has 1 aliphatic heterocycles. The molecular weight excluding hydrogens is 571 g/mol. The summed E-state index contributed by atoms with van der Waals surface area (Å²) in [4.78, 5) is 4.16. The Bertz CT molecular complexity index is 1520. The lowest BCUT2D eigenvalue weighted by atomic mass is 9.81. The van der Waals surface area contributed by atoms with E-state index < -0.39 is 26.2 Å². The van der Waals surface area contributed by atoms with Crippen LogP contribution in [-0.2, 0) is 21.2 Å². The lowest BCUT2D eigenvalue weighted by Crippen LogP contribution is -2.24. The Morgan fingerprint density at radius 3 is 2.74 bits per heavy atom. The molecule has 3 aromatic rings. The maximum Gasteiger partial charge on any atom is 0.240 e. The molecule has 202 valence electrons. The number of nitrogens with zero attached hydrogens (tertiary/aromatic N) is 2. The van der Waals surface area contributed by atoms with E-state index in [-0.39, 0.29) is 11.6 Å². The highest BCUT2D eigenvalue weighted by molar-refractivity contribution is 7.98. The van der Waals surface area contributed by atoms with Crippen molar-refractivity contribution in [2.45, 2.75) is 40.9 Å². The number of ether oxygens (including phenoxy) is 1. The number of nitrogens with two attached hydrogens (primary N) is 1. The van der Waals surface area contributed by atoms with Gasteiger partial charge in [0, 0.05) is 16.9 Å². The van der Waals surface area contributed by atoms with Crippen LogP contribution in [0, 0.1) is 5.82 Å². The zero-order chi connectivity index (χ0) is 27.7. The second kappa shape index (κ2) is 11.5. The second-order valence-corrected chi connectivity index (χ2v) is 13.5. The van der Waals surface area contributed by atoms with E-state index in [0.29, 0.717) is 42.0 Å². The van der Waals surface area contributed by atoms with E-state index in [1.807, 2.05) is 18.2 Å². The molecule has 1 aliphatic rings. The van der Waals surface area contributed by atoms with E-state index in [4.69, 9.17) is 26.5 Å². The molecule has 0 radical (unpaired) electrons. The van der Waals surface area contributed by atoms with E-state index in [1.54, 1.807) is 25.4 Å². The van der Waals surface area contributed by atoms with Crippen LogP contribution in [0.3, 0.4) is 0 Å². The molecular formula is C26H27ClF2N3O3PS2. The number of benzene rings is 2. The van der Waals surface area contributed by atoms with E-state index in [1.165, 1.54) is 30.0 Å². The highest BCUT2D eigenvalue weighted by Crippen LogP contribution is 2.44. The number of sulfonamides is 1. The Labute approximate surface area is 232 Å². The average Bonchev–Trinajstić information content (AvgIpc) is 3.18. The summed E-state index contributed by atoms with van der Waals surface area (Å²) < 4.78 is 59.2. The minimum Gasteiger partial charge on any atom is -0.495 e. The van der Waals surface area contributed by atoms with E-state index in [2.05, 4.69) is 18.4 Å². The zero-order valence-corrected chi connectivity index (χ0v) is 24.3. The Morgan fingerprint density at radius 1 is 1.26 bits per heavy atom. The van der Waals surface area contributed by atoms with Crippen LogP contribution in [0.15, 0.2) is 76.7 Å². The fourth-order valence-electron chi connectivity index (χ4n) is 4.16. The summed E-state index contributed by atoms with van der Waals surface area (Å²) in [5.74, 6) is -0.451. The number of methoxy groups -OCH3 is 1. The monoisotopic (exact) mass is 597 g/mol. The average molecular weight is 598 g/mol. The maximum absolute atomic E-state index is 14.0. The number of primary sulfonamides is 1. The standard InChI is InChI=1S/C26H27ClF2N3O3PS2/c1-26(2,17-5-7-19(27)21(13-17)35-3)23-14-31-25(32(23)24-9-6-18(28)10-11-36-24)37-15-16-4-8-20(29)22(12-16)38(30,33)34/h4-10,12-14,24,36H,11,15H2,1-3H3,(H2,30,33,34). The second-order valence-electron chi connectivity index (χ2n) is 9.17. The highest BCUT2D eigenvalue weighted by Gasteiger charge is 2.32. The molecule has 4 rings (SSSR count). The number of allylic oxidation sites excluding steroid dienone is 4. The van der Waals surface area contributed by atoms with Gasteiger partial charge in [-0.05, 0) is 53.7 Å². The number of hydrogen-bond acceptors (Lipinski definition) is 5. The minimum atomic E-state index is -4.20. The Hall–Kier alpha value is -2.23. The van der Waals surface area contributed by atoms with Crippen LogP contribution in [0.5, 0.6) is 5.75 Å². The van der Waals surface area contributed by atoms with Gasteiger partial charge in [0.2, 0.25) is 10.0 Å². The Kier molecular flexibility index (Phi) is 8.69. The molecule has 2 N–H and O–H groups in total. The van der Waals surface area contributed by atoms with Gasteiger partial charge in [0.1, 0.15) is 22.3 Å². The molecule has 0 spiro atoms. The molecule has 2 aromatic carbocycles. The third-order valence-corrected chi connectivity index (χ3v) is 9.87. The molecule has 2 heterocycles. The Morgan fingerprint density at radius 2 is 2.03 bits per heavy atom. The van der Waals surface area contributed by atoms with Crippen molar-refractivity contribution in [2.24, 2.45) is 5.14 Å². The first-order valence-electron chi connectivity index (χ1n) is 11.5. The first-order chi connectivity index (χ1) is 17.9. The fraction of sp³-hybridized carbons (Fsp3) is 0.269. The van der Waals surface area contributed by atoms with E-state index >= 15 is 0 Å². The lowest BCUT2D eigenvalue weighted by Gasteiger charge is -2.30. The van der Waals surface area contributed by atoms with Gasteiger partial charge < -0.3 is 9.30 Å². The SMILES string of the molecule is COc1cc(C(C)(C)c2cnc(SCc3ccc(F)c(S(N)(=O)=O)c3)n2C2C=CC(F)=CCP2)ccc1Cl. The molecule has 6 nitrogen and oxygen atoms in total. The van der Waals surface area contributed by atoms with Gasteiger partial charge in [0.15, 0.2) is 5.16 Å². The summed E-state index contributed by atoms with van der Waals surface area (Å²) in [7, 11) is -2.27. The molecule has 0 saturated heterocycles. The van der Waals surface area contributed by atoms with Crippen molar-refractivity contribution >= 4 is 42.0 Å². The van der Waals surface area contributed by atoms with Gasteiger partial charge in [0.05, 0.1) is 24.1 Å². The predicted octanol–water partition coefficient (Wildman–Crippen LogP) is 6.55. The molecule has 0 aliphatic carbocycles. The van der Waals surface area contributed by atoms with Gasteiger partial charge in [-0.15, -0.1) is 0 Å². The van der Waals surface area contributed by atoms with Crippen LogP contribution in [0.4, 0.5) is 8.78 Å². The van der Waals surface area contributed by atoms with Gasteiger partial charge in [-0.2, -0.15) is 0 Å². The minimum absolute atomic E-state index is 0.152. The summed E-state index contributed by atoms with van der Waals surface area (Å²) in [6.07, 6.45) is 7.26. The van der Waals surface area contributed by atoms with Crippen molar-refractivity contribution in [3.05, 3.63) is 94.3 Å². The zero-order valence-electron chi connectivity index (χ0n) is 20.9. The van der Waals surface area contributed by atoms with Gasteiger partial charge in [-0.3, -0.25) is 0 Å². The summed E-state index contributed by atoms with van der Waals surface area (Å²) in [6, 6.07) is 9.47. The summed E-state index contributed by atoms with van der Waals surface area (Å²) in [5.41, 5.74) is 1.90. The van der Waals surface area contributed by atoms with Gasteiger partial charge >= 0.3 is 0 Å². The summed E-state index contributed by atoms with van der Waals surface area (Å²) in [5, 5.41) is 6.34. The van der Waals surface area contributed by atoms with Crippen LogP contribution in [0.25, 0.3) is 0 Å². The van der Waals surface area contributed by atoms with Crippen LogP contribution < -0.4 is 9.88 Å². The summed E-state index contributed by atoms with van der Waals surface area (Å²) >= 11 is 7.64. The first-order valence-corrected chi connectivity index (χ1v) is 15.7. The largest absolute Gasteiger partial charge is 0.495 e. The third-order valence-electron chi connectivity index (χ3n) is 6.29. The molecule has 0 fully saturated rings. The number of imidazole rings is 1. The van der Waals surface area contributed by atoms with Crippen LogP contribution in [-0.4, -0.2) is 31.2 Å². The van der Waals surface area contributed by atoms with Crippen molar-refractivity contribution in [2.75, 3.05) is 13.3 Å². The maximum atomic E-state index is 14.0. The van der Waals surface area contributed by atoms with Crippen LogP contribution in [0.2, 0.25) is 5.02 Å². The first kappa shape index (κ1) is 28.8. The third kappa shape index (κ3) is 6.15.